The maximum atomic E-state index is 12.1. The Morgan fingerprint density at radius 3 is 2.17 bits per heavy atom. The molecule has 2 amide bonds. The van der Waals surface area contributed by atoms with Crippen molar-refractivity contribution in [2.45, 2.75) is 18.4 Å². The second-order valence-corrected chi connectivity index (χ2v) is 6.88. The number of rotatable bonds is 9. The summed E-state index contributed by atoms with van der Waals surface area (Å²) in [7, 11) is 1.35. The van der Waals surface area contributed by atoms with Crippen molar-refractivity contribution in [2.75, 3.05) is 26.8 Å². The average Bonchev–Trinajstić information content (AvgIpc) is 3.07. The van der Waals surface area contributed by atoms with E-state index < -0.39 is 30.6 Å². The van der Waals surface area contributed by atoms with E-state index in [4.69, 9.17) is 14.6 Å². The van der Waals surface area contributed by atoms with Crippen LogP contribution in [0.15, 0.2) is 48.5 Å². The van der Waals surface area contributed by atoms with Crippen molar-refractivity contribution in [3.63, 3.8) is 0 Å². The van der Waals surface area contributed by atoms with Crippen LogP contribution in [-0.4, -0.2) is 56.0 Å². The van der Waals surface area contributed by atoms with Crippen molar-refractivity contribution >= 4 is 18.0 Å². The van der Waals surface area contributed by atoms with E-state index in [-0.39, 0.29) is 25.5 Å². The van der Waals surface area contributed by atoms with Crippen LogP contribution in [0.3, 0.4) is 0 Å². The van der Waals surface area contributed by atoms with E-state index in [9.17, 15) is 14.4 Å². The van der Waals surface area contributed by atoms with Crippen molar-refractivity contribution in [3.8, 4) is 11.1 Å². The molecular weight excluding hydrogens is 388 g/mol. The van der Waals surface area contributed by atoms with Crippen LogP contribution in [0.2, 0.25) is 0 Å². The number of benzene rings is 2. The summed E-state index contributed by atoms with van der Waals surface area (Å²) in [4.78, 5) is 34.5. The number of carboxylic acid groups (broad SMARTS) is 1. The first-order valence-electron chi connectivity index (χ1n) is 9.62. The monoisotopic (exact) mass is 412 g/mol. The van der Waals surface area contributed by atoms with Crippen molar-refractivity contribution in [1.29, 1.82) is 0 Å². The number of carbonyl (C=O) groups excluding carboxylic acids is 2. The Morgan fingerprint density at radius 1 is 1.00 bits per heavy atom. The van der Waals surface area contributed by atoms with Crippen LogP contribution >= 0.6 is 0 Å². The van der Waals surface area contributed by atoms with Gasteiger partial charge in [-0.05, 0) is 22.3 Å². The molecule has 8 heteroatoms. The molecule has 0 saturated carbocycles. The lowest BCUT2D eigenvalue weighted by Crippen LogP contribution is -2.40. The summed E-state index contributed by atoms with van der Waals surface area (Å²) < 4.78 is 10.5. The Morgan fingerprint density at radius 2 is 1.60 bits per heavy atom. The van der Waals surface area contributed by atoms with Crippen molar-refractivity contribution in [3.05, 3.63) is 59.7 Å². The molecule has 2 aromatic rings. The smallest absolute Gasteiger partial charge is 0.407 e. The lowest BCUT2D eigenvalue weighted by atomic mass is 9.98. The van der Waals surface area contributed by atoms with Crippen LogP contribution in [0.1, 0.15) is 23.5 Å². The summed E-state index contributed by atoms with van der Waals surface area (Å²) in [6.45, 7) is -0.138. The van der Waals surface area contributed by atoms with Gasteiger partial charge in [0.2, 0.25) is 5.91 Å². The van der Waals surface area contributed by atoms with E-state index in [0.717, 1.165) is 22.3 Å². The van der Waals surface area contributed by atoms with E-state index in [1.807, 2.05) is 36.4 Å². The van der Waals surface area contributed by atoms with Gasteiger partial charge in [-0.2, -0.15) is 0 Å². The van der Waals surface area contributed by atoms with Gasteiger partial charge in [0, 0.05) is 26.0 Å². The van der Waals surface area contributed by atoms with E-state index in [2.05, 4.69) is 22.8 Å². The molecule has 2 aromatic carbocycles. The number of amides is 2. The maximum absolute atomic E-state index is 12.1. The van der Waals surface area contributed by atoms with E-state index >= 15 is 0 Å². The molecule has 0 saturated heterocycles. The highest BCUT2D eigenvalue weighted by atomic mass is 16.5. The predicted octanol–water partition coefficient (Wildman–Crippen LogP) is 2.13. The number of hydrogen-bond donors (Lipinski definition) is 3. The number of ether oxygens (including phenoxy) is 2. The Labute approximate surface area is 174 Å². The fourth-order valence-electron chi connectivity index (χ4n) is 3.59. The number of methoxy groups -OCH3 is 1. The van der Waals surface area contributed by atoms with Gasteiger partial charge in [0.1, 0.15) is 19.3 Å². The van der Waals surface area contributed by atoms with Gasteiger partial charge in [0.25, 0.3) is 0 Å². The molecule has 0 spiro atoms. The number of carboxylic acids is 1. The molecule has 158 valence electrons. The third kappa shape index (κ3) is 4.96. The van der Waals surface area contributed by atoms with E-state index in [1.165, 1.54) is 7.11 Å². The summed E-state index contributed by atoms with van der Waals surface area (Å²) in [5.74, 6) is -1.72. The molecule has 30 heavy (non-hydrogen) atoms. The van der Waals surface area contributed by atoms with Crippen LogP contribution < -0.4 is 10.6 Å². The van der Waals surface area contributed by atoms with Crippen LogP contribution in [0.25, 0.3) is 11.1 Å². The molecule has 0 bridgehead atoms. The van der Waals surface area contributed by atoms with Crippen LogP contribution in [-0.2, 0) is 19.1 Å². The van der Waals surface area contributed by atoms with Crippen molar-refractivity contribution in [1.82, 2.24) is 10.6 Å². The number of carbonyl (C=O) groups is 3. The lowest BCUT2D eigenvalue weighted by Gasteiger charge is -2.16. The largest absolute Gasteiger partial charge is 0.480 e. The zero-order valence-corrected chi connectivity index (χ0v) is 16.6. The fourth-order valence-corrected chi connectivity index (χ4v) is 3.59. The van der Waals surface area contributed by atoms with Gasteiger partial charge in [0.05, 0.1) is 0 Å². The topological polar surface area (TPSA) is 114 Å². The Kier molecular flexibility index (Phi) is 7.03. The predicted molar refractivity (Wildman–Crippen MR) is 109 cm³/mol. The number of fused-ring (bicyclic) bond motifs is 3. The first-order valence-corrected chi connectivity index (χ1v) is 9.62. The van der Waals surface area contributed by atoms with Crippen LogP contribution in [0.4, 0.5) is 4.79 Å². The second kappa shape index (κ2) is 9.89. The zero-order valence-electron chi connectivity index (χ0n) is 16.6. The van der Waals surface area contributed by atoms with Gasteiger partial charge in [-0.15, -0.1) is 0 Å². The first kappa shape index (κ1) is 21.3. The molecule has 0 heterocycles. The van der Waals surface area contributed by atoms with Gasteiger partial charge < -0.3 is 25.2 Å². The minimum atomic E-state index is -1.14. The quantitative estimate of drug-likeness (QED) is 0.581. The molecule has 3 N–H and O–H groups in total. The standard InChI is InChI=1S/C22H24N2O6/c1-29-19(21(27)24-12-20(25)26)10-11-23-22(28)30-13-18-16-8-4-2-6-14(16)15-7-3-5-9-17(15)18/h2-9,18-19H,10-13H2,1H3,(H,23,28)(H,24,27)(H,25,26). The molecule has 0 aromatic heterocycles. The minimum absolute atomic E-state index is 0.0309. The molecule has 0 radical (unpaired) electrons. The highest BCUT2D eigenvalue weighted by Gasteiger charge is 2.29. The average molecular weight is 412 g/mol. The third-order valence-electron chi connectivity index (χ3n) is 5.01. The van der Waals surface area contributed by atoms with Gasteiger partial charge in [-0.1, -0.05) is 48.5 Å². The van der Waals surface area contributed by atoms with Crippen LogP contribution in [0.5, 0.6) is 0 Å². The summed E-state index contributed by atoms with van der Waals surface area (Å²) >= 11 is 0. The summed E-state index contributed by atoms with van der Waals surface area (Å²) in [6, 6.07) is 16.1. The van der Waals surface area contributed by atoms with Crippen molar-refractivity contribution < 1.29 is 29.0 Å². The van der Waals surface area contributed by atoms with Gasteiger partial charge >= 0.3 is 12.1 Å². The zero-order chi connectivity index (χ0) is 21.5. The molecule has 0 aliphatic heterocycles. The van der Waals surface area contributed by atoms with Crippen LogP contribution in [0, 0.1) is 0 Å². The number of nitrogens with one attached hydrogen (secondary N) is 2. The maximum Gasteiger partial charge on any atom is 0.407 e. The molecule has 1 aliphatic carbocycles. The first-order chi connectivity index (χ1) is 14.5. The van der Waals surface area contributed by atoms with Gasteiger partial charge in [-0.3, -0.25) is 9.59 Å². The number of hydrogen-bond acceptors (Lipinski definition) is 5. The normalized spacial score (nSPS) is 13.1. The SMILES string of the molecule is COC(CCNC(=O)OCC1c2ccccc2-c2ccccc21)C(=O)NCC(=O)O. The number of alkyl carbamates (subject to hydrolysis) is 1. The highest BCUT2D eigenvalue weighted by molar-refractivity contribution is 5.84. The minimum Gasteiger partial charge on any atom is -0.480 e. The molecule has 3 rings (SSSR count). The third-order valence-corrected chi connectivity index (χ3v) is 5.01. The molecule has 8 nitrogen and oxygen atoms in total. The Bertz CT molecular complexity index is 884. The van der Waals surface area contributed by atoms with Crippen molar-refractivity contribution in [2.24, 2.45) is 0 Å². The molecule has 1 aliphatic rings. The van der Waals surface area contributed by atoms with E-state index in [0.29, 0.717) is 0 Å². The highest BCUT2D eigenvalue weighted by Crippen LogP contribution is 2.44. The Balaban J connectivity index is 1.49. The molecule has 0 fully saturated rings. The fraction of sp³-hybridized carbons (Fsp3) is 0.318. The Hall–Kier alpha value is -3.39. The second-order valence-electron chi connectivity index (χ2n) is 6.88. The van der Waals surface area contributed by atoms with Gasteiger partial charge in [-0.25, -0.2) is 4.79 Å². The summed E-state index contributed by atoms with van der Waals surface area (Å²) in [5, 5.41) is 13.5. The molecule has 1 atom stereocenters. The summed E-state index contributed by atoms with van der Waals surface area (Å²) in [6.07, 6.45) is -1.26. The summed E-state index contributed by atoms with van der Waals surface area (Å²) in [5.41, 5.74) is 4.55. The van der Waals surface area contributed by atoms with Gasteiger partial charge in [0.15, 0.2) is 0 Å². The molecular formula is C22H24N2O6. The van der Waals surface area contributed by atoms with E-state index in [1.54, 1.807) is 0 Å². The number of aliphatic carboxylic acids is 1. The lowest BCUT2D eigenvalue weighted by molar-refractivity contribution is -0.140. The molecule has 1 unspecified atom stereocenters.